The maximum absolute atomic E-state index is 13.2. The van der Waals surface area contributed by atoms with E-state index in [1.165, 1.54) is 18.2 Å². The summed E-state index contributed by atoms with van der Waals surface area (Å²) >= 11 is 0. The Labute approximate surface area is 122 Å². The van der Waals surface area contributed by atoms with E-state index < -0.39 is 11.9 Å². The number of amides is 1. The van der Waals surface area contributed by atoms with Crippen molar-refractivity contribution in [2.24, 2.45) is 0 Å². The third kappa shape index (κ3) is 4.49. The molecule has 0 saturated heterocycles. The molecule has 21 heavy (non-hydrogen) atoms. The van der Waals surface area contributed by atoms with Crippen LogP contribution in [0.3, 0.4) is 0 Å². The zero-order valence-electron chi connectivity index (χ0n) is 11.6. The van der Waals surface area contributed by atoms with Crippen LogP contribution in [0.15, 0.2) is 48.5 Å². The van der Waals surface area contributed by atoms with Gasteiger partial charge in [-0.25, -0.2) is 9.18 Å². The van der Waals surface area contributed by atoms with E-state index in [4.69, 9.17) is 9.47 Å². The van der Waals surface area contributed by atoms with E-state index in [0.717, 1.165) is 5.56 Å². The van der Waals surface area contributed by atoms with Gasteiger partial charge in [0.1, 0.15) is 18.2 Å². The number of carbonyl (C=O) groups is 1. The minimum Gasteiger partial charge on any atom is -0.492 e. The topological polar surface area (TPSA) is 47.6 Å². The second-order valence-electron chi connectivity index (χ2n) is 4.26. The second kappa shape index (κ2) is 7.28. The van der Waals surface area contributed by atoms with Crippen LogP contribution in [0.1, 0.15) is 12.5 Å². The van der Waals surface area contributed by atoms with E-state index in [1.54, 1.807) is 6.92 Å². The summed E-state index contributed by atoms with van der Waals surface area (Å²) in [6, 6.07) is 13.2. The monoisotopic (exact) mass is 289 g/mol. The minimum atomic E-state index is -0.619. The standard InChI is InChI=1S/C16H16FNO3/c1-2-20-15-10-13(17)8-9-14(15)18-16(19)21-11-12-6-4-3-5-7-12/h3-10H,2,11H2,1H3,(H,18,19). The maximum Gasteiger partial charge on any atom is 0.412 e. The molecule has 0 unspecified atom stereocenters. The summed E-state index contributed by atoms with van der Waals surface area (Å²) in [5.41, 5.74) is 1.26. The number of carbonyl (C=O) groups excluding carboxylic acids is 1. The number of benzene rings is 2. The number of anilines is 1. The molecule has 0 spiro atoms. The van der Waals surface area contributed by atoms with Crippen LogP contribution in [0, 0.1) is 5.82 Å². The van der Waals surface area contributed by atoms with Crippen LogP contribution in [0.5, 0.6) is 5.75 Å². The molecule has 5 heteroatoms. The van der Waals surface area contributed by atoms with Crippen molar-refractivity contribution in [1.29, 1.82) is 0 Å². The molecule has 0 aliphatic rings. The average Bonchev–Trinajstić information content (AvgIpc) is 2.49. The summed E-state index contributed by atoms with van der Waals surface area (Å²) in [5, 5.41) is 2.54. The van der Waals surface area contributed by atoms with Gasteiger partial charge in [-0.15, -0.1) is 0 Å². The van der Waals surface area contributed by atoms with Crippen molar-refractivity contribution < 1.29 is 18.7 Å². The predicted molar refractivity (Wildman–Crippen MR) is 77.8 cm³/mol. The van der Waals surface area contributed by atoms with Gasteiger partial charge >= 0.3 is 6.09 Å². The Morgan fingerprint density at radius 3 is 2.67 bits per heavy atom. The van der Waals surface area contributed by atoms with Crippen molar-refractivity contribution in [3.63, 3.8) is 0 Å². The molecule has 1 N–H and O–H groups in total. The minimum absolute atomic E-state index is 0.165. The quantitative estimate of drug-likeness (QED) is 0.906. The van der Waals surface area contributed by atoms with E-state index >= 15 is 0 Å². The molecule has 2 rings (SSSR count). The van der Waals surface area contributed by atoms with Gasteiger partial charge in [-0.1, -0.05) is 30.3 Å². The number of hydrogen-bond donors (Lipinski definition) is 1. The summed E-state index contributed by atoms with van der Waals surface area (Å²) in [6.45, 7) is 2.32. The molecular weight excluding hydrogens is 273 g/mol. The molecule has 0 fully saturated rings. The maximum atomic E-state index is 13.2. The summed E-state index contributed by atoms with van der Waals surface area (Å²) in [7, 11) is 0. The fourth-order valence-electron chi connectivity index (χ4n) is 1.74. The smallest absolute Gasteiger partial charge is 0.412 e. The molecule has 0 bridgehead atoms. The third-order valence-corrected chi connectivity index (χ3v) is 2.69. The molecule has 0 atom stereocenters. The van der Waals surface area contributed by atoms with Crippen LogP contribution in [-0.2, 0) is 11.3 Å². The zero-order valence-corrected chi connectivity index (χ0v) is 11.6. The highest BCUT2D eigenvalue weighted by atomic mass is 19.1. The summed E-state index contributed by atoms with van der Waals surface area (Å²) < 4.78 is 23.5. The van der Waals surface area contributed by atoms with E-state index in [-0.39, 0.29) is 12.4 Å². The molecule has 2 aromatic rings. The number of halogens is 1. The first-order valence-electron chi connectivity index (χ1n) is 6.59. The molecule has 0 aliphatic heterocycles. The highest BCUT2D eigenvalue weighted by molar-refractivity contribution is 5.86. The van der Waals surface area contributed by atoms with Crippen LogP contribution in [0.4, 0.5) is 14.9 Å². The first kappa shape index (κ1) is 14.8. The second-order valence-corrected chi connectivity index (χ2v) is 4.26. The fourth-order valence-corrected chi connectivity index (χ4v) is 1.74. The summed E-state index contributed by atoms with van der Waals surface area (Å²) in [4.78, 5) is 11.7. The lowest BCUT2D eigenvalue weighted by Gasteiger charge is -2.11. The van der Waals surface area contributed by atoms with Crippen LogP contribution >= 0.6 is 0 Å². The van der Waals surface area contributed by atoms with Crippen LogP contribution < -0.4 is 10.1 Å². The molecule has 110 valence electrons. The zero-order chi connectivity index (χ0) is 15.1. The van der Waals surface area contributed by atoms with Crippen LogP contribution in [0.2, 0.25) is 0 Å². The Balaban J connectivity index is 1.96. The molecule has 4 nitrogen and oxygen atoms in total. The van der Waals surface area contributed by atoms with Crippen LogP contribution in [0.25, 0.3) is 0 Å². The summed E-state index contributed by atoms with van der Waals surface area (Å²) in [5.74, 6) is -0.157. The lowest BCUT2D eigenvalue weighted by Crippen LogP contribution is -2.14. The van der Waals surface area contributed by atoms with E-state index in [0.29, 0.717) is 12.3 Å². The van der Waals surface area contributed by atoms with Crippen molar-refractivity contribution in [3.8, 4) is 5.75 Å². The first-order chi connectivity index (χ1) is 10.2. The van der Waals surface area contributed by atoms with Gasteiger partial charge in [-0.2, -0.15) is 0 Å². The van der Waals surface area contributed by atoms with Gasteiger partial charge in [0.15, 0.2) is 0 Å². The molecule has 0 radical (unpaired) electrons. The van der Waals surface area contributed by atoms with Crippen molar-refractivity contribution in [2.45, 2.75) is 13.5 Å². The van der Waals surface area contributed by atoms with Crippen molar-refractivity contribution in [1.82, 2.24) is 0 Å². The molecule has 0 aliphatic carbocycles. The molecule has 2 aromatic carbocycles. The van der Waals surface area contributed by atoms with Gasteiger partial charge in [0.2, 0.25) is 0 Å². The Kier molecular flexibility index (Phi) is 5.15. The van der Waals surface area contributed by atoms with E-state index in [2.05, 4.69) is 5.32 Å². The molecular formula is C16H16FNO3. The first-order valence-corrected chi connectivity index (χ1v) is 6.59. The van der Waals surface area contributed by atoms with E-state index in [9.17, 15) is 9.18 Å². The van der Waals surface area contributed by atoms with Gasteiger partial charge in [-0.3, -0.25) is 5.32 Å². The van der Waals surface area contributed by atoms with Gasteiger partial charge in [0.05, 0.1) is 12.3 Å². The molecule has 0 saturated carbocycles. The van der Waals surface area contributed by atoms with Crippen LogP contribution in [-0.4, -0.2) is 12.7 Å². The lowest BCUT2D eigenvalue weighted by molar-refractivity contribution is 0.155. The summed E-state index contributed by atoms with van der Waals surface area (Å²) in [6.07, 6.45) is -0.619. The average molecular weight is 289 g/mol. The lowest BCUT2D eigenvalue weighted by atomic mass is 10.2. The Morgan fingerprint density at radius 1 is 1.19 bits per heavy atom. The highest BCUT2D eigenvalue weighted by Gasteiger charge is 2.10. The number of ether oxygens (including phenoxy) is 2. The SMILES string of the molecule is CCOc1cc(F)ccc1NC(=O)OCc1ccccc1. The van der Waals surface area contributed by atoms with Gasteiger partial charge < -0.3 is 9.47 Å². The normalized spacial score (nSPS) is 10.0. The number of hydrogen-bond acceptors (Lipinski definition) is 3. The molecule has 0 aromatic heterocycles. The van der Waals surface area contributed by atoms with E-state index in [1.807, 2.05) is 30.3 Å². The number of nitrogens with one attached hydrogen (secondary N) is 1. The third-order valence-electron chi connectivity index (χ3n) is 2.69. The molecule has 0 heterocycles. The molecule has 1 amide bonds. The Bertz CT molecular complexity index is 602. The van der Waals surface area contributed by atoms with Gasteiger partial charge in [0.25, 0.3) is 0 Å². The fraction of sp³-hybridized carbons (Fsp3) is 0.188. The largest absolute Gasteiger partial charge is 0.492 e. The highest BCUT2D eigenvalue weighted by Crippen LogP contribution is 2.25. The van der Waals surface area contributed by atoms with Gasteiger partial charge in [0, 0.05) is 6.07 Å². The Hall–Kier alpha value is -2.56. The van der Waals surface area contributed by atoms with Crippen molar-refractivity contribution in [2.75, 3.05) is 11.9 Å². The van der Waals surface area contributed by atoms with Crippen molar-refractivity contribution in [3.05, 3.63) is 59.9 Å². The Morgan fingerprint density at radius 2 is 1.95 bits per heavy atom. The number of rotatable bonds is 5. The predicted octanol–water partition coefficient (Wildman–Crippen LogP) is 3.97. The van der Waals surface area contributed by atoms with Crippen molar-refractivity contribution >= 4 is 11.8 Å². The van der Waals surface area contributed by atoms with Gasteiger partial charge in [-0.05, 0) is 24.6 Å².